The molecule has 134 valence electrons. The zero-order chi connectivity index (χ0) is 19.0. The SMILES string of the molecule is CC(C)(C)c1cc(C=C2SCN(CC#N)C2=O)cc(C(C)(C)C)c1O. The van der Waals surface area contributed by atoms with Crippen LogP contribution in [-0.2, 0) is 15.6 Å². The number of carbonyl (C=O) groups excluding carboxylic acids is 1. The number of aromatic hydroxyl groups is 1. The summed E-state index contributed by atoms with van der Waals surface area (Å²) in [6.45, 7) is 12.5. The molecule has 0 aromatic heterocycles. The van der Waals surface area contributed by atoms with Gasteiger partial charge in [0.25, 0.3) is 5.91 Å². The molecule has 1 aliphatic heterocycles. The molecule has 1 amide bonds. The van der Waals surface area contributed by atoms with E-state index in [1.54, 1.807) is 0 Å². The molecule has 1 fully saturated rings. The van der Waals surface area contributed by atoms with E-state index in [1.165, 1.54) is 16.7 Å². The van der Waals surface area contributed by atoms with Crippen LogP contribution in [0.25, 0.3) is 6.08 Å². The topological polar surface area (TPSA) is 64.3 Å². The van der Waals surface area contributed by atoms with Gasteiger partial charge in [-0.25, -0.2) is 0 Å². The molecular formula is C20H26N2O2S. The van der Waals surface area contributed by atoms with Gasteiger partial charge in [0.15, 0.2) is 0 Å². The van der Waals surface area contributed by atoms with Gasteiger partial charge in [-0.3, -0.25) is 4.79 Å². The second-order valence-corrected chi connectivity index (χ2v) is 9.39. The van der Waals surface area contributed by atoms with Crippen LogP contribution in [0.4, 0.5) is 0 Å². The maximum Gasteiger partial charge on any atom is 0.261 e. The van der Waals surface area contributed by atoms with Crippen molar-refractivity contribution >= 4 is 23.7 Å². The normalized spacial score (nSPS) is 17.2. The van der Waals surface area contributed by atoms with E-state index in [0.717, 1.165) is 16.7 Å². The largest absolute Gasteiger partial charge is 0.507 e. The second kappa shape index (κ2) is 6.76. The summed E-state index contributed by atoms with van der Waals surface area (Å²) in [5.41, 5.74) is 2.23. The van der Waals surface area contributed by atoms with Crippen LogP contribution in [0.2, 0.25) is 0 Å². The summed E-state index contributed by atoms with van der Waals surface area (Å²) in [7, 11) is 0. The van der Waals surface area contributed by atoms with Crippen molar-refractivity contribution in [3.8, 4) is 11.8 Å². The van der Waals surface area contributed by atoms with Gasteiger partial charge in [-0.15, -0.1) is 0 Å². The smallest absolute Gasteiger partial charge is 0.261 e. The summed E-state index contributed by atoms with van der Waals surface area (Å²) in [5.74, 6) is 0.738. The number of amides is 1. The molecule has 1 saturated heterocycles. The number of thioether (sulfide) groups is 1. The fourth-order valence-electron chi connectivity index (χ4n) is 2.76. The monoisotopic (exact) mass is 358 g/mol. The quantitative estimate of drug-likeness (QED) is 0.629. The Labute approximate surface area is 154 Å². The number of benzene rings is 1. The average Bonchev–Trinajstić information content (AvgIpc) is 2.80. The van der Waals surface area contributed by atoms with Crippen LogP contribution in [0, 0.1) is 11.3 Å². The lowest BCUT2D eigenvalue weighted by molar-refractivity contribution is -0.124. The second-order valence-electron chi connectivity index (χ2n) is 8.41. The van der Waals surface area contributed by atoms with Gasteiger partial charge >= 0.3 is 0 Å². The van der Waals surface area contributed by atoms with Gasteiger partial charge in [-0.05, 0) is 34.6 Å². The standard InChI is InChI=1S/C20H26N2O2S/c1-19(2,3)14-9-13(10-15(17(14)23)20(4,5)6)11-16-18(24)22(8-7-21)12-25-16/h9-11,23H,8,12H2,1-6H3. The van der Waals surface area contributed by atoms with Crippen molar-refractivity contribution in [1.82, 2.24) is 4.90 Å². The van der Waals surface area contributed by atoms with Gasteiger partial charge in [0.05, 0.1) is 16.9 Å². The number of phenols is 1. The summed E-state index contributed by atoms with van der Waals surface area (Å²) in [5, 5.41) is 19.6. The van der Waals surface area contributed by atoms with Crippen molar-refractivity contribution < 1.29 is 9.90 Å². The summed E-state index contributed by atoms with van der Waals surface area (Å²) >= 11 is 1.45. The van der Waals surface area contributed by atoms with Gasteiger partial charge in [0.1, 0.15) is 12.3 Å². The van der Waals surface area contributed by atoms with Gasteiger partial charge in [0.2, 0.25) is 0 Å². The van der Waals surface area contributed by atoms with E-state index in [-0.39, 0.29) is 23.3 Å². The first kappa shape index (κ1) is 19.4. The van der Waals surface area contributed by atoms with Gasteiger partial charge < -0.3 is 10.0 Å². The van der Waals surface area contributed by atoms with Crippen LogP contribution in [0.15, 0.2) is 17.0 Å². The zero-order valence-electron chi connectivity index (χ0n) is 15.8. The van der Waals surface area contributed by atoms with Crippen LogP contribution in [0.3, 0.4) is 0 Å². The van der Waals surface area contributed by atoms with E-state index in [2.05, 4.69) is 41.5 Å². The lowest BCUT2D eigenvalue weighted by atomic mass is 9.78. The highest BCUT2D eigenvalue weighted by molar-refractivity contribution is 8.04. The lowest BCUT2D eigenvalue weighted by Crippen LogP contribution is -2.25. The molecule has 0 bridgehead atoms. The molecule has 0 atom stereocenters. The molecule has 1 heterocycles. The Morgan fingerprint density at radius 1 is 1.20 bits per heavy atom. The fourth-order valence-corrected chi connectivity index (χ4v) is 3.74. The minimum Gasteiger partial charge on any atom is -0.507 e. The van der Waals surface area contributed by atoms with Crippen molar-refractivity contribution in [1.29, 1.82) is 5.26 Å². The van der Waals surface area contributed by atoms with Crippen molar-refractivity contribution in [3.05, 3.63) is 33.7 Å². The molecule has 1 N–H and O–H groups in total. The molecule has 25 heavy (non-hydrogen) atoms. The van der Waals surface area contributed by atoms with Gasteiger partial charge in [-0.2, -0.15) is 5.26 Å². The molecule has 1 aliphatic rings. The number of hydrogen-bond donors (Lipinski definition) is 1. The van der Waals surface area contributed by atoms with Crippen LogP contribution in [0.1, 0.15) is 58.2 Å². The van der Waals surface area contributed by atoms with Crippen LogP contribution in [-0.4, -0.2) is 28.3 Å². The molecule has 0 aliphatic carbocycles. The number of hydrogen-bond acceptors (Lipinski definition) is 4. The number of rotatable bonds is 2. The summed E-state index contributed by atoms with van der Waals surface area (Å²) in [6.07, 6.45) is 1.87. The first-order valence-electron chi connectivity index (χ1n) is 8.34. The predicted molar refractivity (Wildman–Crippen MR) is 103 cm³/mol. The lowest BCUT2D eigenvalue weighted by Gasteiger charge is -2.28. The maximum absolute atomic E-state index is 12.4. The number of phenolic OH excluding ortho intramolecular Hbond substituents is 1. The Hall–Kier alpha value is -1.93. The van der Waals surface area contributed by atoms with Crippen molar-refractivity contribution in [3.63, 3.8) is 0 Å². The minimum atomic E-state index is -0.210. The molecule has 0 spiro atoms. The van der Waals surface area contributed by atoms with Gasteiger partial charge in [0, 0.05) is 11.1 Å². The van der Waals surface area contributed by atoms with E-state index in [9.17, 15) is 9.90 Å². The number of nitriles is 1. The van der Waals surface area contributed by atoms with E-state index in [0.29, 0.717) is 16.5 Å². The molecule has 0 saturated carbocycles. The minimum absolute atomic E-state index is 0.103. The third kappa shape index (κ3) is 4.19. The molecule has 2 rings (SSSR count). The van der Waals surface area contributed by atoms with Crippen LogP contribution < -0.4 is 0 Å². The van der Waals surface area contributed by atoms with E-state index in [1.807, 2.05) is 24.3 Å². The van der Waals surface area contributed by atoms with E-state index < -0.39 is 0 Å². The molecule has 5 heteroatoms. The third-order valence-corrected chi connectivity index (χ3v) is 5.23. The molecule has 1 aromatic carbocycles. The Morgan fingerprint density at radius 3 is 2.16 bits per heavy atom. The van der Waals surface area contributed by atoms with Crippen molar-refractivity contribution in [2.45, 2.75) is 52.4 Å². The van der Waals surface area contributed by atoms with Crippen molar-refractivity contribution in [2.24, 2.45) is 0 Å². The number of nitrogens with zero attached hydrogens (tertiary/aromatic N) is 2. The first-order chi connectivity index (χ1) is 11.4. The Bertz CT molecular complexity index is 726. The number of carbonyl (C=O) groups is 1. The van der Waals surface area contributed by atoms with Gasteiger partial charge in [-0.1, -0.05) is 53.3 Å². The molecule has 4 nitrogen and oxygen atoms in total. The summed E-state index contributed by atoms with van der Waals surface area (Å²) in [6, 6.07) is 5.93. The van der Waals surface area contributed by atoms with Crippen molar-refractivity contribution in [2.75, 3.05) is 12.4 Å². The third-order valence-electron chi connectivity index (χ3n) is 4.18. The molecule has 0 radical (unpaired) electrons. The Morgan fingerprint density at radius 2 is 1.72 bits per heavy atom. The van der Waals surface area contributed by atoms with E-state index >= 15 is 0 Å². The first-order valence-corrected chi connectivity index (χ1v) is 9.32. The predicted octanol–water partition coefficient (Wildman–Crippen LogP) is 4.38. The molecule has 0 unspecified atom stereocenters. The highest BCUT2D eigenvalue weighted by Crippen LogP contribution is 2.41. The molecular weight excluding hydrogens is 332 g/mol. The summed E-state index contributed by atoms with van der Waals surface area (Å²) < 4.78 is 0. The van der Waals surface area contributed by atoms with Crippen LogP contribution >= 0.6 is 11.8 Å². The fraction of sp³-hybridized carbons (Fsp3) is 0.500. The summed E-state index contributed by atoms with van der Waals surface area (Å²) in [4.78, 5) is 14.5. The highest BCUT2D eigenvalue weighted by atomic mass is 32.2. The Kier molecular flexibility index (Phi) is 5.24. The van der Waals surface area contributed by atoms with E-state index in [4.69, 9.17) is 5.26 Å². The molecule has 1 aromatic rings. The average molecular weight is 359 g/mol. The zero-order valence-corrected chi connectivity index (χ0v) is 16.6. The highest BCUT2D eigenvalue weighted by Gasteiger charge is 2.29. The Balaban J connectivity index is 2.54. The maximum atomic E-state index is 12.4. The van der Waals surface area contributed by atoms with Crippen LogP contribution in [0.5, 0.6) is 5.75 Å².